The Morgan fingerprint density at radius 3 is 1.77 bits per heavy atom. The lowest BCUT2D eigenvalue weighted by Crippen LogP contribution is -2.05. The Kier molecular flexibility index (Phi) is 9.12. The third kappa shape index (κ3) is 6.83. The van der Waals surface area contributed by atoms with E-state index in [-0.39, 0.29) is 5.97 Å². The van der Waals surface area contributed by atoms with Gasteiger partial charge in [-0.05, 0) is 25.0 Å². The minimum atomic E-state index is -0.377. The number of esters is 1. The zero-order valence-corrected chi connectivity index (χ0v) is 14.0. The Hall–Kier alpha value is -1.71. The van der Waals surface area contributed by atoms with Crippen LogP contribution < -0.4 is 9.47 Å². The second-order valence-corrected chi connectivity index (χ2v) is 5.30. The highest BCUT2D eigenvalue weighted by Crippen LogP contribution is 2.24. The molecule has 0 aliphatic rings. The van der Waals surface area contributed by atoms with Crippen LogP contribution in [0.25, 0.3) is 0 Å². The lowest BCUT2D eigenvalue weighted by Gasteiger charge is -2.11. The van der Waals surface area contributed by atoms with Crippen LogP contribution in [0.3, 0.4) is 0 Å². The Bertz CT molecular complexity index is 412. The molecule has 0 unspecified atom stereocenters. The number of unbranched alkanes of at least 4 members (excludes halogenated alkanes) is 4. The largest absolute Gasteiger partial charge is 0.493 e. The van der Waals surface area contributed by atoms with E-state index in [9.17, 15) is 4.79 Å². The molecular formula is C18H28O4. The van der Waals surface area contributed by atoms with Crippen molar-refractivity contribution in [2.75, 3.05) is 20.3 Å². The van der Waals surface area contributed by atoms with E-state index in [4.69, 9.17) is 14.2 Å². The monoisotopic (exact) mass is 308 g/mol. The normalized spacial score (nSPS) is 10.3. The van der Waals surface area contributed by atoms with Gasteiger partial charge in [-0.3, -0.25) is 0 Å². The number of rotatable bonds is 11. The molecule has 1 aromatic rings. The molecule has 0 radical (unpaired) electrons. The molecule has 0 saturated heterocycles. The molecule has 0 amide bonds. The van der Waals surface area contributed by atoms with E-state index in [0.717, 1.165) is 38.5 Å². The highest BCUT2D eigenvalue weighted by Gasteiger charge is 2.10. The van der Waals surface area contributed by atoms with Gasteiger partial charge in [0, 0.05) is 6.07 Å². The summed E-state index contributed by atoms with van der Waals surface area (Å²) < 4.78 is 16.2. The van der Waals surface area contributed by atoms with Gasteiger partial charge in [0.15, 0.2) is 0 Å². The quantitative estimate of drug-likeness (QED) is 0.442. The molecule has 22 heavy (non-hydrogen) atoms. The summed E-state index contributed by atoms with van der Waals surface area (Å²) in [6, 6.07) is 5.25. The Morgan fingerprint density at radius 1 is 0.864 bits per heavy atom. The SMILES string of the molecule is CCCCCOc1cc(OCCCCC)cc(C(=O)OC)c1. The van der Waals surface area contributed by atoms with Gasteiger partial charge in [-0.2, -0.15) is 0 Å². The third-order valence-corrected chi connectivity index (χ3v) is 3.33. The minimum absolute atomic E-state index is 0.377. The van der Waals surface area contributed by atoms with E-state index in [1.165, 1.54) is 7.11 Å². The topological polar surface area (TPSA) is 44.8 Å². The number of benzene rings is 1. The highest BCUT2D eigenvalue weighted by atomic mass is 16.5. The molecule has 0 bridgehead atoms. The van der Waals surface area contributed by atoms with E-state index in [1.807, 2.05) is 6.07 Å². The fourth-order valence-electron chi connectivity index (χ4n) is 2.06. The summed E-state index contributed by atoms with van der Waals surface area (Å²) >= 11 is 0. The van der Waals surface area contributed by atoms with Gasteiger partial charge in [0.05, 0.1) is 25.9 Å². The highest BCUT2D eigenvalue weighted by molar-refractivity contribution is 5.90. The molecule has 0 aliphatic carbocycles. The summed E-state index contributed by atoms with van der Waals surface area (Å²) in [6.07, 6.45) is 6.58. The van der Waals surface area contributed by atoms with Crippen molar-refractivity contribution in [2.24, 2.45) is 0 Å². The second kappa shape index (κ2) is 10.9. The molecule has 4 nitrogen and oxygen atoms in total. The van der Waals surface area contributed by atoms with Crippen molar-refractivity contribution >= 4 is 5.97 Å². The fourth-order valence-corrected chi connectivity index (χ4v) is 2.06. The molecule has 0 fully saturated rings. The average Bonchev–Trinajstić information content (AvgIpc) is 2.54. The Balaban J connectivity index is 2.70. The van der Waals surface area contributed by atoms with Gasteiger partial charge in [-0.25, -0.2) is 4.79 Å². The van der Waals surface area contributed by atoms with Crippen molar-refractivity contribution < 1.29 is 19.0 Å². The number of hydrogen-bond donors (Lipinski definition) is 0. The van der Waals surface area contributed by atoms with Crippen LogP contribution in [0.1, 0.15) is 62.7 Å². The summed E-state index contributed by atoms with van der Waals surface area (Å²) in [5.74, 6) is 0.936. The van der Waals surface area contributed by atoms with Crippen molar-refractivity contribution in [1.82, 2.24) is 0 Å². The molecular weight excluding hydrogens is 280 g/mol. The van der Waals surface area contributed by atoms with Crippen molar-refractivity contribution in [2.45, 2.75) is 52.4 Å². The summed E-state index contributed by atoms with van der Waals surface area (Å²) in [7, 11) is 1.37. The molecule has 0 aliphatic heterocycles. The van der Waals surface area contributed by atoms with Gasteiger partial charge in [0.2, 0.25) is 0 Å². The minimum Gasteiger partial charge on any atom is -0.493 e. The van der Waals surface area contributed by atoms with E-state index in [1.54, 1.807) is 12.1 Å². The van der Waals surface area contributed by atoms with E-state index in [2.05, 4.69) is 13.8 Å². The van der Waals surface area contributed by atoms with Crippen LogP contribution in [0.15, 0.2) is 18.2 Å². The maximum atomic E-state index is 11.7. The maximum absolute atomic E-state index is 11.7. The van der Waals surface area contributed by atoms with Crippen molar-refractivity contribution in [3.63, 3.8) is 0 Å². The molecule has 1 rings (SSSR count). The summed E-state index contributed by atoms with van der Waals surface area (Å²) in [6.45, 7) is 5.60. The predicted molar refractivity (Wildman–Crippen MR) is 87.8 cm³/mol. The van der Waals surface area contributed by atoms with Gasteiger partial charge in [-0.15, -0.1) is 0 Å². The van der Waals surface area contributed by atoms with Crippen LogP contribution in [-0.2, 0) is 4.74 Å². The lowest BCUT2D eigenvalue weighted by molar-refractivity contribution is 0.0599. The van der Waals surface area contributed by atoms with Gasteiger partial charge in [0.25, 0.3) is 0 Å². The van der Waals surface area contributed by atoms with Crippen LogP contribution >= 0.6 is 0 Å². The first-order chi connectivity index (χ1) is 10.7. The van der Waals surface area contributed by atoms with Crippen LogP contribution in [0.5, 0.6) is 11.5 Å². The molecule has 0 N–H and O–H groups in total. The second-order valence-electron chi connectivity index (χ2n) is 5.30. The third-order valence-electron chi connectivity index (χ3n) is 3.33. The van der Waals surface area contributed by atoms with Crippen molar-refractivity contribution in [3.05, 3.63) is 23.8 Å². The van der Waals surface area contributed by atoms with Crippen molar-refractivity contribution in [1.29, 1.82) is 0 Å². The van der Waals surface area contributed by atoms with E-state index < -0.39 is 0 Å². The average molecular weight is 308 g/mol. The predicted octanol–water partition coefficient (Wildman–Crippen LogP) is 4.61. The summed E-state index contributed by atoms with van der Waals surface area (Å²) in [4.78, 5) is 11.7. The molecule has 0 saturated carbocycles. The number of methoxy groups -OCH3 is 1. The van der Waals surface area contributed by atoms with Crippen LogP contribution in [0.2, 0.25) is 0 Å². The first kappa shape index (κ1) is 18.3. The fraction of sp³-hybridized carbons (Fsp3) is 0.611. The molecule has 124 valence electrons. The van der Waals surface area contributed by atoms with Crippen LogP contribution in [0.4, 0.5) is 0 Å². The van der Waals surface area contributed by atoms with Crippen LogP contribution in [0, 0.1) is 0 Å². The van der Waals surface area contributed by atoms with Gasteiger partial charge in [0.1, 0.15) is 11.5 Å². The molecule has 0 aromatic heterocycles. The molecule has 0 heterocycles. The maximum Gasteiger partial charge on any atom is 0.338 e. The number of ether oxygens (including phenoxy) is 3. The van der Waals surface area contributed by atoms with Gasteiger partial charge < -0.3 is 14.2 Å². The summed E-state index contributed by atoms with van der Waals surface area (Å²) in [5, 5.41) is 0. The van der Waals surface area contributed by atoms with Crippen molar-refractivity contribution in [3.8, 4) is 11.5 Å². The zero-order chi connectivity index (χ0) is 16.2. The standard InChI is InChI=1S/C18H28O4/c1-4-6-8-10-21-16-12-15(18(19)20-3)13-17(14-16)22-11-9-7-5-2/h12-14H,4-11H2,1-3H3. The molecule has 0 spiro atoms. The van der Waals surface area contributed by atoms with Gasteiger partial charge in [-0.1, -0.05) is 39.5 Å². The number of carbonyl (C=O) groups is 1. The number of hydrogen-bond acceptors (Lipinski definition) is 4. The zero-order valence-electron chi connectivity index (χ0n) is 14.0. The molecule has 1 aromatic carbocycles. The first-order valence-corrected chi connectivity index (χ1v) is 8.20. The summed E-state index contributed by atoms with van der Waals surface area (Å²) in [5.41, 5.74) is 0.459. The van der Waals surface area contributed by atoms with Crippen LogP contribution in [-0.4, -0.2) is 26.3 Å². The molecule has 4 heteroatoms. The smallest absolute Gasteiger partial charge is 0.338 e. The first-order valence-electron chi connectivity index (χ1n) is 8.20. The Labute approximate surface area is 133 Å². The number of carbonyl (C=O) groups excluding carboxylic acids is 1. The van der Waals surface area contributed by atoms with E-state index in [0.29, 0.717) is 30.3 Å². The Morgan fingerprint density at radius 2 is 1.36 bits per heavy atom. The lowest BCUT2D eigenvalue weighted by atomic mass is 10.2. The van der Waals surface area contributed by atoms with Gasteiger partial charge >= 0.3 is 5.97 Å². The van der Waals surface area contributed by atoms with E-state index >= 15 is 0 Å². The molecule has 0 atom stereocenters.